The lowest BCUT2D eigenvalue weighted by atomic mass is 9.94. The SMILES string of the molecule is COc1cccc2c1ccn2CCC(=O)N[C@@H]1CCOC(C)(C)C1. The maximum Gasteiger partial charge on any atom is 0.222 e. The molecule has 0 saturated carbocycles. The highest BCUT2D eigenvalue weighted by molar-refractivity contribution is 5.86. The third-order valence-corrected chi connectivity index (χ3v) is 4.64. The van der Waals surface area contributed by atoms with Crippen molar-refractivity contribution in [2.24, 2.45) is 0 Å². The van der Waals surface area contributed by atoms with Crippen LogP contribution in [0.4, 0.5) is 0 Å². The number of ether oxygens (including phenoxy) is 2. The van der Waals surface area contributed by atoms with Crippen LogP contribution in [-0.4, -0.2) is 35.8 Å². The zero-order valence-corrected chi connectivity index (χ0v) is 14.7. The number of rotatable bonds is 5. The summed E-state index contributed by atoms with van der Waals surface area (Å²) in [6.45, 7) is 5.52. The molecule has 1 aromatic carbocycles. The lowest BCUT2D eigenvalue weighted by Crippen LogP contribution is -2.45. The van der Waals surface area contributed by atoms with Gasteiger partial charge in [0.05, 0.1) is 18.2 Å². The predicted octanol–water partition coefficient (Wildman–Crippen LogP) is 3.11. The molecule has 1 atom stereocenters. The Hall–Kier alpha value is -2.01. The Kier molecular flexibility index (Phi) is 4.81. The van der Waals surface area contributed by atoms with Crippen LogP contribution in [0.3, 0.4) is 0 Å². The molecule has 1 fully saturated rings. The highest BCUT2D eigenvalue weighted by Gasteiger charge is 2.29. The highest BCUT2D eigenvalue weighted by atomic mass is 16.5. The van der Waals surface area contributed by atoms with Gasteiger partial charge in [-0.1, -0.05) is 6.07 Å². The van der Waals surface area contributed by atoms with E-state index in [-0.39, 0.29) is 17.6 Å². The molecule has 1 aromatic heterocycles. The largest absolute Gasteiger partial charge is 0.496 e. The molecule has 1 saturated heterocycles. The fraction of sp³-hybridized carbons (Fsp3) is 0.526. The van der Waals surface area contributed by atoms with Gasteiger partial charge in [-0.05, 0) is 44.9 Å². The fourth-order valence-corrected chi connectivity index (χ4v) is 3.45. The minimum absolute atomic E-state index is 0.0995. The van der Waals surface area contributed by atoms with Gasteiger partial charge in [0.15, 0.2) is 0 Å². The van der Waals surface area contributed by atoms with Gasteiger partial charge in [-0.2, -0.15) is 0 Å². The topological polar surface area (TPSA) is 52.5 Å². The van der Waals surface area contributed by atoms with Gasteiger partial charge in [0, 0.05) is 37.2 Å². The summed E-state index contributed by atoms with van der Waals surface area (Å²) < 4.78 is 13.2. The van der Waals surface area contributed by atoms with Crippen molar-refractivity contribution in [3.05, 3.63) is 30.5 Å². The first-order chi connectivity index (χ1) is 11.5. The van der Waals surface area contributed by atoms with Crippen LogP contribution >= 0.6 is 0 Å². The Balaban J connectivity index is 1.59. The van der Waals surface area contributed by atoms with E-state index in [1.54, 1.807) is 7.11 Å². The first-order valence-electron chi connectivity index (χ1n) is 8.54. The summed E-state index contributed by atoms with van der Waals surface area (Å²) in [7, 11) is 1.68. The molecular weight excluding hydrogens is 304 g/mol. The van der Waals surface area contributed by atoms with Crippen molar-refractivity contribution < 1.29 is 14.3 Å². The highest BCUT2D eigenvalue weighted by Crippen LogP contribution is 2.26. The second-order valence-electron chi connectivity index (χ2n) is 7.02. The van der Waals surface area contributed by atoms with Crippen LogP contribution in [0.1, 0.15) is 33.1 Å². The number of amides is 1. The molecule has 130 valence electrons. The molecule has 1 aliphatic rings. The molecule has 1 amide bonds. The monoisotopic (exact) mass is 330 g/mol. The number of nitrogens with zero attached hydrogens (tertiary/aromatic N) is 1. The molecule has 0 spiro atoms. The van der Waals surface area contributed by atoms with Gasteiger partial charge < -0.3 is 19.4 Å². The Morgan fingerprint density at radius 2 is 2.25 bits per heavy atom. The second kappa shape index (κ2) is 6.85. The minimum Gasteiger partial charge on any atom is -0.496 e. The van der Waals surface area contributed by atoms with Crippen LogP contribution in [0.5, 0.6) is 5.75 Å². The van der Waals surface area contributed by atoms with E-state index in [1.165, 1.54) is 0 Å². The van der Waals surface area contributed by atoms with Crippen molar-refractivity contribution in [3.63, 3.8) is 0 Å². The van der Waals surface area contributed by atoms with Gasteiger partial charge in [-0.15, -0.1) is 0 Å². The van der Waals surface area contributed by atoms with Crippen LogP contribution in [-0.2, 0) is 16.1 Å². The average Bonchev–Trinajstić information content (AvgIpc) is 2.95. The Morgan fingerprint density at radius 3 is 3.00 bits per heavy atom. The van der Waals surface area contributed by atoms with Crippen molar-refractivity contribution in [1.82, 2.24) is 9.88 Å². The van der Waals surface area contributed by atoms with Gasteiger partial charge in [-0.3, -0.25) is 4.79 Å². The van der Waals surface area contributed by atoms with Crippen LogP contribution in [0.25, 0.3) is 10.9 Å². The second-order valence-corrected chi connectivity index (χ2v) is 7.02. The van der Waals surface area contributed by atoms with E-state index in [0.29, 0.717) is 19.6 Å². The number of hydrogen-bond donors (Lipinski definition) is 1. The van der Waals surface area contributed by atoms with Crippen LogP contribution in [0.2, 0.25) is 0 Å². The van der Waals surface area contributed by atoms with Gasteiger partial charge in [0.25, 0.3) is 0 Å². The third-order valence-electron chi connectivity index (χ3n) is 4.64. The molecule has 2 heterocycles. The normalized spacial score (nSPS) is 20.0. The minimum atomic E-state index is -0.149. The molecule has 0 radical (unpaired) electrons. The molecule has 5 heteroatoms. The summed E-state index contributed by atoms with van der Waals surface area (Å²) in [5, 5.41) is 4.23. The molecule has 0 unspecified atom stereocenters. The Labute approximate surface area is 142 Å². The Bertz CT molecular complexity index is 720. The number of nitrogens with one attached hydrogen (secondary N) is 1. The third kappa shape index (κ3) is 3.73. The molecule has 5 nitrogen and oxygen atoms in total. The fourth-order valence-electron chi connectivity index (χ4n) is 3.45. The number of fused-ring (bicyclic) bond motifs is 1. The lowest BCUT2D eigenvalue weighted by Gasteiger charge is -2.35. The molecule has 1 aliphatic heterocycles. The predicted molar refractivity (Wildman–Crippen MR) is 94.3 cm³/mol. The molecule has 1 N–H and O–H groups in total. The summed E-state index contributed by atoms with van der Waals surface area (Å²) >= 11 is 0. The van der Waals surface area contributed by atoms with E-state index >= 15 is 0 Å². The smallest absolute Gasteiger partial charge is 0.222 e. The number of hydrogen-bond acceptors (Lipinski definition) is 3. The summed E-state index contributed by atoms with van der Waals surface area (Å²) in [4.78, 5) is 12.3. The zero-order chi connectivity index (χ0) is 17.2. The van der Waals surface area contributed by atoms with Gasteiger partial charge in [0.2, 0.25) is 5.91 Å². The summed E-state index contributed by atoms with van der Waals surface area (Å²) in [5.41, 5.74) is 0.943. The number of benzene rings is 1. The first-order valence-corrected chi connectivity index (χ1v) is 8.54. The number of methoxy groups -OCH3 is 1. The maximum atomic E-state index is 12.3. The van der Waals surface area contributed by atoms with E-state index in [0.717, 1.165) is 29.5 Å². The van der Waals surface area contributed by atoms with Crippen molar-refractivity contribution in [2.75, 3.05) is 13.7 Å². The number of carbonyl (C=O) groups excluding carboxylic acids is 1. The maximum absolute atomic E-state index is 12.3. The standard InChI is InChI=1S/C19H26N2O3/c1-19(2)13-14(9-12-24-19)20-18(22)8-11-21-10-7-15-16(21)5-4-6-17(15)23-3/h4-7,10,14H,8-9,11-13H2,1-3H3,(H,20,22)/t14-/m1/s1. The molecule has 0 bridgehead atoms. The molecule has 24 heavy (non-hydrogen) atoms. The lowest BCUT2D eigenvalue weighted by molar-refractivity contribution is -0.124. The van der Waals surface area contributed by atoms with E-state index in [4.69, 9.17) is 9.47 Å². The average molecular weight is 330 g/mol. The van der Waals surface area contributed by atoms with E-state index < -0.39 is 0 Å². The van der Waals surface area contributed by atoms with E-state index in [2.05, 4.69) is 29.8 Å². The summed E-state index contributed by atoms with van der Waals surface area (Å²) in [6, 6.07) is 8.22. The van der Waals surface area contributed by atoms with E-state index in [9.17, 15) is 4.79 Å². The van der Waals surface area contributed by atoms with Crippen molar-refractivity contribution in [3.8, 4) is 5.75 Å². The summed E-state index contributed by atoms with van der Waals surface area (Å²) in [6.07, 6.45) is 4.23. The molecule has 0 aliphatic carbocycles. The quantitative estimate of drug-likeness (QED) is 0.916. The van der Waals surface area contributed by atoms with Crippen LogP contribution < -0.4 is 10.1 Å². The molecule has 3 rings (SSSR count). The Morgan fingerprint density at radius 1 is 1.42 bits per heavy atom. The zero-order valence-electron chi connectivity index (χ0n) is 14.7. The van der Waals surface area contributed by atoms with Crippen molar-refractivity contribution in [2.45, 2.75) is 51.3 Å². The first kappa shape index (κ1) is 16.8. The van der Waals surface area contributed by atoms with E-state index in [1.807, 2.05) is 24.4 Å². The van der Waals surface area contributed by atoms with Crippen LogP contribution in [0.15, 0.2) is 30.5 Å². The van der Waals surface area contributed by atoms with Gasteiger partial charge >= 0.3 is 0 Å². The number of carbonyl (C=O) groups is 1. The number of aromatic nitrogens is 1. The van der Waals surface area contributed by atoms with Gasteiger partial charge in [0.1, 0.15) is 5.75 Å². The summed E-state index contributed by atoms with van der Waals surface area (Å²) in [5.74, 6) is 0.961. The molecule has 2 aromatic rings. The van der Waals surface area contributed by atoms with Gasteiger partial charge in [-0.25, -0.2) is 0 Å². The molecular formula is C19H26N2O3. The van der Waals surface area contributed by atoms with Crippen molar-refractivity contribution >= 4 is 16.8 Å². The van der Waals surface area contributed by atoms with Crippen molar-refractivity contribution in [1.29, 1.82) is 0 Å². The number of aryl methyl sites for hydroxylation is 1. The van der Waals surface area contributed by atoms with Crippen LogP contribution in [0, 0.1) is 0 Å².